The van der Waals surface area contributed by atoms with Crippen LogP contribution in [0.2, 0.25) is 0 Å². The standard InChI is InChI=1S/C27H40O4S/c1-3-4-5-6-7-8-9-10-11-12-13-24-16-18-25(19-17-24)27(28)22-31-32(29,30)26-20-14-23(2)15-21-26/h14-21,27-28H,3-13,22H2,1-2H3. The molecule has 0 spiro atoms. The maximum Gasteiger partial charge on any atom is 0.297 e. The van der Waals surface area contributed by atoms with Crippen LogP contribution in [0.15, 0.2) is 53.4 Å². The van der Waals surface area contributed by atoms with Crippen molar-refractivity contribution in [1.29, 1.82) is 0 Å². The molecule has 1 N–H and O–H groups in total. The maximum absolute atomic E-state index is 12.3. The third kappa shape index (κ3) is 9.85. The molecule has 0 aliphatic heterocycles. The Balaban J connectivity index is 1.65. The Kier molecular flexibility index (Phi) is 12.0. The molecule has 178 valence electrons. The number of hydrogen-bond acceptors (Lipinski definition) is 4. The van der Waals surface area contributed by atoms with Gasteiger partial charge in [0.15, 0.2) is 0 Å². The van der Waals surface area contributed by atoms with Crippen LogP contribution in [0.4, 0.5) is 0 Å². The number of hydrogen-bond donors (Lipinski definition) is 1. The van der Waals surface area contributed by atoms with Crippen molar-refractivity contribution in [2.24, 2.45) is 0 Å². The molecule has 0 heterocycles. The Bertz CT molecular complexity index is 858. The van der Waals surface area contributed by atoms with E-state index in [1.165, 1.54) is 81.9 Å². The van der Waals surface area contributed by atoms with E-state index in [1.54, 1.807) is 12.1 Å². The molecular weight excluding hydrogens is 420 g/mol. The van der Waals surface area contributed by atoms with Gasteiger partial charge >= 0.3 is 0 Å². The van der Waals surface area contributed by atoms with Gasteiger partial charge in [0.2, 0.25) is 0 Å². The topological polar surface area (TPSA) is 63.6 Å². The average Bonchev–Trinajstić information content (AvgIpc) is 2.79. The molecule has 0 aliphatic rings. The monoisotopic (exact) mass is 460 g/mol. The summed E-state index contributed by atoms with van der Waals surface area (Å²) >= 11 is 0. The smallest absolute Gasteiger partial charge is 0.297 e. The fraction of sp³-hybridized carbons (Fsp3) is 0.556. The van der Waals surface area contributed by atoms with Crippen LogP contribution in [0.3, 0.4) is 0 Å². The normalized spacial score (nSPS) is 12.7. The minimum Gasteiger partial charge on any atom is -0.386 e. The van der Waals surface area contributed by atoms with E-state index in [9.17, 15) is 13.5 Å². The molecule has 32 heavy (non-hydrogen) atoms. The Morgan fingerprint density at radius 3 is 1.88 bits per heavy atom. The summed E-state index contributed by atoms with van der Waals surface area (Å²) in [7, 11) is -3.88. The molecule has 0 radical (unpaired) electrons. The van der Waals surface area contributed by atoms with Crippen molar-refractivity contribution in [2.45, 2.75) is 95.5 Å². The van der Waals surface area contributed by atoms with Crippen molar-refractivity contribution < 1.29 is 17.7 Å². The first-order valence-electron chi connectivity index (χ1n) is 12.2. The summed E-state index contributed by atoms with van der Waals surface area (Å²) in [5, 5.41) is 10.3. The number of benzene rings is 2. The van der Waals surface area contributed by atoms with E-state index < -0.39 is 16.2 Å². The summed E-state index contributed by atoms with van der Waals surface area (Å²) in [4.78, 5) is 0.0992. The summed E-state index contributed by atoms with van der Waals surface area (Å²) in [6.07, 6.45) is 13.3. The van der Waals surface area contributed by atoms with Crippen LogP contribution in [0, 0.1) is 6.92 Å². The molecular formula is C27H40O4S. The first-order chi connectivity index (χ1) is 15.4. The second-order valence-corrected chi connectivity index (χ2v) is 10.4. The highest BCUT2D eigenvalue weighted by molar-refractivity contribution is 7.86. The zero-order valence-corrected chi connectivity index (χ0v) is 20.6. The Morgan fingerprint density at radius 2 is 1.31 bits per heavy atom. The molecule has 2 rings (SSSR count). The van der Waals surface area contributed by atoms with Gasteiger partial charge in [-0.3, -0.25) is 4.18 Å². The number of rotatable bonds is 16. The fourth-order valence-corrected chi connectivity index (χ4v) is 4.66. The molecule has 0 saturated carbocycles. The quantitative estimate of drug-likeness (QED) is 0.219. The molecule has 0 fully saturated rings. The van der Waals surface area contributed by atoms with Gasteiger partial charge in [-0.2, -0.15) is 8.42 Å². The zero-order valence-electron chi connectivity index (χ0n) is 19.8. The van der Waals surface area contributed by atoms with Gasteiger partial charge in [-0.05, 0) is 43.0 Å². The molecule has 2 aromatic rings. The first-order valence-corrected chi connectivity index (χ1v) is 13.6. The van der Waals surface area contributed by atoms with Crippen LogP contribution in [0.25, 0.3) is 0 Å². The number of aryl methyl sites for hydroxylation is 2. The van der Waals surface area contributed by atoms with Crippen LogP contribution in [0.5, 0.6) is 0 Å². The predicted octanol–water partition coefficient (Wildman–Crippen LogP) is 6.90. The van der Waals surface area contributed by atoms with Crippen molar-refractivity contribution in [1.82, 2.24) is 0 Å². The van der Waals surface area contributed by atoms with E-state index >= 15 is 0 Å². The fourth-order valence-electron chi connectivity index (χ4n) is 3.75. The van der Waals surface area contributed by atoms with Gasteiger partial charge in [0.25, 0.3) is 10.1 Å². The number of aliphatic hydroxyl groups excluding tert-OH is 1. The van der Waals surface area contributed by atoms with E-state index in [0.29, 0.717) is 5.56 Å². The molecule has 0 saturated heterocycles. The van der Waals surface area contributed by atoms with Gasteiger partial charge in [0, 0.05) is 0 Å². The van der Waals surface area contributed by atoms with Gasteiger partial charge in [-0.25, -0.2) is 0 Å². The molecule has 1 unspecified atom stereocenters. The van der Waals surface area contributed by atoms with Crippen LogP contribution < -0.4 is 0 Å². The van der Waals surface area contributed by atoms with E-state index in [1.807, 2.05) is 31.2 Å². The van der Waals surface area contributed by atoms with E-state index in [2.05, 4.69) is 6.92 Å². The molecule has 0 amide bonds. The molecule has 1 atom stereocenters. The van der Waals surface area contributed by atoms with Gasteiger partial charge in [0.05, 0.1) is 11.5 Å². The molecule has 5 heteroatoms. The summed E-state index contributed by atoms with van der Waals surface area (Å²) in [5.74, 6) is 0. The highest BCUT2D eigenvalue weighted by Crippen LogP contribution is 2.20. The van der Waals surface area contributed by atoms with Crippen LogP contribution >= 0.6 is 0 Å². The predicted molar refractivity (Wildman–Crippen MR) is 131 cm³/mol. The average molecular weight is 461 g/mol. The third-order valence-electron chi connectivity index (χ3n) is 5.87. The molecule has 4 nitrogen and oxygen atoms in total. The van der Waals surface area contributed by atoms with Crippen LogP contribution in [-0.4, -0.2) is 20.1 Å². The van der Waals surface area contributed by atoms with Gasteiger partial charge in [-0.1, -0.05) is 107 Å². The van der Waals surface area contributed by atoms with E-state index in [-0.39, 0.29) is 11.5 Å². The lowest BCUT2D eigenvalue weighted by Gasteiger charge is -2.13. The highest BCUT2D eigenvalue weighted by Gasteiger charge is 2.18. The second kappa shape index (κ2) is 14.5. The summed E-state index contributed by atoms with van der Waals surface area (Å²) < 4.78 is 29.6. The largest absolute Gasteiger partial charge is 0.386 e. The van der Waals surface area contributed by atoms with E-state index in [4.69, 9.17) is 4.18 Å². The van der Waals surface area contributed by atoms with Crippen LogP contribution in [0.1, 0.15) is 93.9 Å². The molecule has 0 aromatic heterocycles. The van der Waals surface area contributed by atoms with Gasteiger partial charge in [0.1, 0.15) is 6.10 Å². The van der Waals surface area contributed by atoms with Crippen molar-refractivity contribution in [2.75, 3.05) is 6.61 Å². The maximum atomic E-state index is 12.3. The lowest BCUT2D eigenvalue weighted by molar-refractivity contribution is 0.111. The Hall–Kier alpha value is -1.69. The minimum atomic E-state index is -3.88. The van der Waals surface area contributed by atoms with Gasteiger partial charge < -0.3 is 5.11 Å². The third-order valence-corrected chi connectivity index (χ3v) is 7.17. The van der Waals surface area contributed by atoms with Crippen molar-refractivity contribution in [3.8, 4) is 0 Å². The van der Waals surface area contributed by atoms with Crippen molar-refractivity contribution in [3.05, 3.63) is 65.2 Å². The molecule has 0 bridgehead atoms. The summed E-state index contributed by atoms with van der Waals surface area (Å²) in [6, 6.07) is 14.2. The van der Waals surface area contributed by atoms with Gasteiger partial charge in [-0.15, -0.1) is 0 Å². The first kappa shape index (κ1) is 26.6. The SMILES string of the molecule is CCCCCCCCCCCCc1ccc(C(O)COS(=O)(=O)c2ccc(C)cc2)cc1. The van der Waals surface area contributed by atoms with Crippen molar-refractivity contribution in [3.63, 3.8) is 0 Å². The lowest BCUT2D eigenvalue weighted by atomic mass is 10.0. The highest BCUT2D eigenvalue weighted by atomic mass is 32.2. The molecule has 0 aliphatic carbocycles. The zero-order chi connectivity index (χ0) is 23.2. The summed E-state index contributed by atoms with van der Waals surface area (Å²) in [5.41, 5.74) is 2.88. The second-order valence-electron chi connectivity index (χ2n) is 8.74. The number of unbranched alkanes of at least 4 members (excludes halogenated alkanes) is 9. The van der Waals surface area contributed by atoms with E-state index in [0.717, 1.165) is 12.0 Å². The van der Waals surface area contributed by atoms with Crippen LogP contribution in [-0.2, 0) is 20.7 Å². The number of aliphatic hydroxyl groups is 1. The Labute approximate surface area is 195 Å². The van der Waals surface area contributed by atoms with Crippen molar-refractivity contribution >= 4 is 10.1 Å². The minimum absolute atomic E-state index is 0.0992. The Morgan fingerprint density at radius 1 is 0.781 bits per heavy atom. The lowest BCUT2D eigenvalue weighted by Crippen LogP contribution is -2.13. The summed E-state index contributed by atoms with van der Waals surface area (Å²) in [6.45, 7) is 3.85. The molecule has 2 aromatic carbocycles.